The number of aryl methyl sites for hydroxylation is 3. The molecule has 0 aliphatic heterocycles. The third-order valence-electron chi connectivity index (χ3n) is 4.73. The van der Waals surface area contributed by atoms with Crippen molar-refractivity contribution < 1.29 is 4.74 Å². The minimum absolute atomic E-state index is 0.427. The summed E-state index contributed by atoms with van der Waals surface area (Å²) in [6, 6.07) is 2.12. The first kappa shape index (κ1) is 18.8. The predicted octanol–water partition coefficient (Wildman–Crippen LogP) is 2.26. The second-order valence-corrected chi connectivity index (χ2v) is 6.80. The largest absolute Gasteiger partial charge is 0.382 e. The highest BCUT2D eigenvalue weighted by Crippen LogP contribution is 2.48. The van der Waals surface area contributed by atoms with E-state index in [1.807, 2.05) is 14.0 Å². The van der Waals surface area contributed by atoms with Crippen LogP contribution in [0, 0.1) is 19.3 Å². The van der Waals surface area contributed by atoms with Gasteiger partial charge in [-0.15, -0.1) is 0 Å². The number of hydrogen-bond donors (Lipinski definition) is 2. The monoisotopic (exact) mass is 335 g/mol. The van der Waals surface area contributed by atoms with Crippen LogP contribution >= 0.6 is 0 Å². The molecular weight excluding hydrogens is 302 g/mol. The highest BCUT2D eigenvalue weighted by molar-refractivity contribution is 5.79. The summed E-state index contributed by atoms with van der Waals surface area (Å²) in [5, 5.41) is 11.4. The summed E-state index contributed by atoms with van der Waals surface area (Å²) in [5.74, 6) is 0.894. The minimum atomic E-state index is 0.427. The second-order valence-electron chi connectivity index (χ2n) is 6.80. The highest BCUT2D eigenvalue weighted by atomic mass is 16.5. The summed E-state index contributed by atoms with van der Waals surface area (Å²) in [6.07, 6.45) is 4.75. The molecule has 6 heteroatoms. The Morgan fingerprint density at radius 2 is 2.17 bits per heavy atom. The Morgan fingerprint density at radius 3 is 2.75 bits per heavy atom. The standard InChI is InChI=1S/C18H33N5O/c1-5-24-12-9-18(7-8-18)14-21-17(19-4)20-10-6-11-23-16(3)13-15(2)22-23/h13H,5-12,14H2,1-4H3,(H2,19,20,21). The zero-order valence-corrected chi connectivity index (χ0v) is 15.7. The van der Waals surface area contributed by atoms with Gasteiger partial charge in [-0.1, -0.05) is 0 Å². The molecule has 1 aromatic rings. The van der Waals surface area contributed by atoms with Crippen LogP contribution < -0.4 is 10.6 Å². The van der Waals surface area contributed by atoms with Gasteiger partial charge in [0.25, 0.3) is 0 Å². The minimum Gasteiger partial charge on any atom is -0.382 e. The lowest BCUT2D eigenvalue weighted by atomic mass is 10.0. The number of guanidine groups is 1. The molecule has 0 spiro atoms. The van der Waals surface area contributed by atoms with Crippen LogP contribution in [0.2, 0.25) is 0 Å². The maximum absolute atomic E-state index is 5.49. The first-order valence-corrected chi connectivity index (χ1v) is 9.12. The van der Waals surface area contributed by atoms with Gasteiger partial charge in [-0.25, -0.2) is 0 Å². The molecule has 2 N–H and O–H groups in total. The molecule has 1 aliphatic carbocycles. The zero-order valence-electron chi connectivity index (χ0n) is 15.7. The van der Waals surface area contributed by atoms with E-state index in [0.717, 1.165) is 57.3 Å². The number of nitrogens with one attached hydrogen (secondary N) is 2. The van der Waals surface area contributed by atoms with Crippen LogP contribution in [0.15, 0.2) is 11.1 Å². The van der Waals surface area contributed by atoms with Crippen LogP contribution in [-0.4, -0.2) is 49.1 Å². The lowest BCUT2D eigenvalue weighted by Gasteiger charge is -2.18. The van der Waals surface area contributed by atoms with Gasteiger partial charge in [0, 0.05) is 45.6 Å². The molecule has 1 saturated carbocycles. The van der Waals surface area contributed by atoms with Gasteiger partial charge in [-0.2, -0.15) is 5.10 Å². The van der Waals surface area contributed by atoms with E-state index >= 15 is 0 Å². The summed E-state index contributed by atoms with van der Waals surface area (Å²) < 4.78 is 7.56. The lowest BCUT2D eigenvalue weighted by Crippen LogP contribution is -2.41. The van der Waals surface area contributed by atoms with Crippen molar-refractivity contribution in [1.82, 2.24) is 20.4 Å². The van der Waals surface area contributed by atoms with Crippen molar-refractivity contribution in [2.75, 3.05) is 33.4 Å². The van der Waals surface area contributed by atoms with Crippen LogP contribution in [0.25, 0.3) is 0 Å². The molecule has 1 fully saturated rings. The maximum atomic E-state index is 5.49. The SMILES string of the molecule is CCOCCC1(CNC(=NC)NCCCn2nc(C)cc2C)CC1. The Hall–Kier alpha value is -1.56. The van der Waals surface area contributed by atoms with Crippen molar-refractivity contribution >= 4 is 5.96 Å². The van der Waals surface area contributed by atoms with Crippen LogP contribution in [0.1, 0.15) is 44.0 Å². The van der Waals surface area contributed by atoms with Crippen LogP contribution in [0.5, 0.6) is 0 Å². The Kier molecular flexibility index (Phi) is 7.09. The molecule has 1 aromatic heterocycles. The van der Waals surface area contributed by atoms with E-state index in [1.165, 1.54) is 18.5 Å². The second kappa shape index (κ2) is 9.06. The summed E-state index contributed by atoms with van der Waals surface area (Å²) in [5.41, 5.74) is 2.73. The molecule has 0 unspecified atom stereocenters. The molecule has 2 rings (SSSR count). The van der Waals surface area contributed by atoms with Crippen LogP contribution in [-0.2, 0) is 11.3 Å². The fourth-order valence-corrected chi connectivity index (χ4v) is 2.95. The average Bonchev–Trinajstić information content (AvgIpc) is 3.25. The van der Waals surface area contributed by atoms with Crippen molar-refractivity contribution in [2.45, 2.75) is 53.0 Å². The lowest BCUT2D eigenvalue weighted by molar-refractivity contribution is 0.128. The van der Waals surface area contributed by atoms with Gasteiger partial charge >= 0.3 is 0 Å². The molecule has 1 heterocycles. The Balaban J connectivity index is 1.63. The van der Waals surface area contributed by atoms with E-state index in [0.29, 0.717) is 5.41 Å². The third kappa shape index (κ3) is 5.82. The number of nitrogens with zero attached hydrogens (tertiary/aromatic N) is 3. The normalized spacial score (nSPS) is 16.2. The maximum Gasteiger partial charge on any atom is 0.190 e. The van der Waals surface area contributed by atoms with Gasteiger partial charge < -0.3 is 15.4 Å². The summed E-state index contributed by atoms with van der Waals surface area (Å²) >= 11 is 0. The van der Waals surface area contributed by atoms with E-state index in [4.69, 9.17) is 4.74 Å². The average molecular weight is 335 g/mol. The Bertz CT molecular complexity index is 534. The van der Waals surface area contributed by atoms with Crippen molar-refractivity contribution in [3.05, 3.63) is 17.5 Å². The number of aliphatic imine (C=N–C) groups is 1. The molecule has 0 amide bonds. The number of ether oxygens (including phenoxy) is 1. The molecule has 0 atom stereocenters. The molecular formula is C18H33N5O. The molecule has 0 radical (unpaired) electrons. The molecule has 0 bridgehead atoms. The van der Waals surface area contributed by atoms with E-state index in [9.17, 15) is 0 Å². The molecule has 1 aliphatic rings. The van der Waals surface area contributed by atoms with Gasteiger partial charge in [-0.3, -0.25) is 9.67 Å². The van der Waals surface area contributed by atoms with Crippen molar-refractivity contribution in [3.63, 3.8) is 0 Å². The fraction of sp³-hybridized carbons (Fsp3) is 0.778. The van der Waals surface area contributed by atoms with E-state index in [1.54, 1.807) is 0 Å². The van der Waals surface area contributed by atoms with Crippen molar-refractivity contribution in [1.29, 1.82) is 0 Å². The first-order valence-electron chi connectivity index (χ1n) is 9.12. The van der Waals surface area contributed by atoms with Gasteiger partial charge in [0.1, 0.15) is 0 Å². The first-order chi connectivity index (χ1) is 11.6. The molecule has 24 heavy (non-hydrogen) atoms. The third-order valence-corrected chi connectivity index (χ3v) is 4.73. The summed E-state index contributed by atoms with van der Waals surface area (Å²) in [7, 11) is 1.83. The van der Waals surface area contributed by atoms with E-state index < -0.39 is 0 Å². The summed E-state index contributed by atoms with van der Waals surface area (Å²) in [4.78, 5) is 4.32. The molecule has 6 nitrogen and oxygen atoms in total. The van der Waals surface area contributed by atoms with Crippen LogP contribution in [0.4, 0.5) is 0 Å². The van der Waals surface area contributed by atoms with Gasteiger partial charge in [0.15, 0.2) is 5.96 Å². The Morgan fingerprint density at radius 1 is 1.38 bits per heavy atom. The zero-order chi connectivity index (χ0) is 17.4. The summed E-state index contributed by atoms with van der Waals surface area (Å²) in [6.45, 7) is 10.7. The fourth-order valence-electron chi connectivity index (χ4n) is 2.95. The smallest absolute Gasteiger partial charge is 0.190 e. The molecule has 0 aromatic carbocycles. The van der Waals surface area contributed by atoms with E-state index in [-0.39, 0.29) is 0 Å². The quantitative estimate of drug-likeness (QED) is 0.391. The van der Waals surface area contributed by atoms with Gasteiger partial charge in [0.2, 0.25) is 0 Å². The van der Waals surface area contributed by atoms with Gasteiger partial charge in [-0.05, 0) is 57.9 Å². The predicted molar refractivity (Wildman–Crippen MR) is 98.5 cm³/mol. The molecule has 136 valence electrons. The van der Waals surface area contributed by atoms with Gasteiger partial charge in [0.05, 0.1) is 5.69 Å². The highest BCUT2D eigenvalue weighted by Gasteiger charge is 2.41. The number of rotatable bonds is 10. The van der Waals surface area contributed by atoms with Crippen molar-refractivity contribution in [3.8, 4) is 0 Å². The Labute approximate surface area is 146 Å². The topological polar surface area (TPSA) is 63.5 Å². The van der Waals surface area contributed by atoms with Crippen LogP contribution in [0.3, 0.4) is 0 Å². The number of aromatic nitrogens is 2. The molecule has 0 saturated heterocycles. The number of hydrogen-bond acceptors (Lipinski definition) is 3. The van der Waals surface area contributed by atoms with Crippen molar-refractivity contribution in [2.24, 2.45) is 10.4 Å². The van der Waals surface area contributed by atoms with E-state index in [2.05, 4.69) is 45.3 Å².